The summed E-state index contributed by atoms with van der Waals surface area (Å²) in [4.78, 5) is 17.1. The predicted molar refractivity (Wildman–Crippen MR) is 75.7 cm³/mol. The van der Waals surface area contributed by atoms with Gasteiger partial charge in [0.15, 0.2) is 0 Å². The van der Waals surface area contributed by atoms with E-state index in [1.54, 1.807) is 0 Å². The number of halogens is 1. The van der Waals surface area contributed by atoms with Crippen molar-refractivity contribution in [3.05, 3.63) is 33.0 Å². The third-order valence-electron chi connectivity index (χ3n) is 2.62. The molecule has 5 nitrogen and oxygen atoms in total. The Labute approximate surface area is 120 Å². The first-order valence-corrected chi connectivity index (χ1v) is 7.15. The largest absolute Gasteiger partial charge is 0.342 e. The number of aromatic amines is 1. The highest BCUT2D eigenvalue weighted by Crippen LogP contribution is 2.26. The van der Waals surface area contributed by atoms with Crippen molar-refractivity contribution in [2.24, 2.45) is 0 Å². The summed E-state index contributed by atoms with van der Waals surface area (Å²) in [5.41, 5.74) is 0. The van der Waals surface area contributed by atoms with Gasteiger partial charge in [0.25, 0.3) is 5.91 Å². The molecule has 0 radical (unpaired) electrons. The smallest absolute Gasteiger partial charge is 0.291 e. The molecule has 102 valence electrons. The molecule has 19 heavy (non-hydrogen) atoms. The van der Waals surface area contributed by atoms with E-state index in [2.05, 4.69) is 20.5 Å². The van der Waals surface area contributed by atoms with E-state index in [0.717, 1.165) is 4.88 Å². The van der Waals surface area contributed by atoms with Gasteiger partial charge < -0.3 is 5.32 Å². The van der Waals surface area contributed by atoms with Gasteiger partial charge >= 0.3 is 0 Å². The minimum Gasteiger partial charge on any atom is -0.342 e. The second kappa shape index (κ2) is 5.71. The number of carbonyl (C=O) groups excluding carboxylic acids is 1. The molecule has 2 aromatic rings. The van der Waals surface area contributed by atoms with Crippen LogP contribution in [-0.4, -0.2) is 21.1 Å². The average Bonchev–Trinajstić information content (AvgIpc) is 2.96. The molecule has 0 saturated carbocycles. The molecule has 1 amide bonds. The average molecular weight is 299 g/mol. The number of hydrogen-bond donors (Lipinski definition) is 2. The van der Waals surface area contributed by atoms with Crippen LogP contribution in [0.3, 0.4) is 0 Å². The fourth-order valence-corrected chi connectivity index (χ4v) is 2.59. The lowest BCUT2D eigenvalue weighted by Crippen LogP contribution is -2.27. The summed E-state index contributed by atoms with van der Waals surface area (Å²) in [6, 6.07) is 3.59. The summed E-state index contributed by atoms with van der Waals surface area (Å²) in [6.45, 7) is 5.87. The highest BCUT2D eigenvalue weighted by Gasteiger charge is 2.17. The van der Waals surface area contributed by atoms with Gasteiger partial charge in [0.05, 0.1) is 10.4 Å². The third-order valence-corrected chi connectivity index (χ3v) is 4.03. The van der Waals surface area contributed by atoms with Gasteiger partial charge in [-0.3, -0.25) is 9.89 Å². The molecule has 2 N–H and O–H groups in total. The molecular weight excluding hydrogens is 284 g/mol. The van der Waals surface area contributed by atoms with E-state index in [-0.39, 0.29) is 23.7 Å². The summed E-state index contributed by atoms with van der Waals surface area (Å²) in [5.74, 6) is 0.790. The Hall–Kier alpha value is -1.40. The van der Waals surface area contributed by atoms with Gasteiger partial charge in [0.2, 0.25) is 5.82 Å². The van der Waals surface area contributed by atoms with Crippen molar-refractivity contribution >= 4 is 28.8 Å². The Bertz CT molecular complexity index is 578. The van der Waals surface area contributed by atoms with Crippen LogP contribution in [0.25, 0.3) is 0 Å². The number of hydrogen-bond acceptors (Lipinski definition) is 4. The zero-order chi connectivity index (χ0) is 14.0. The first-order chi connectivity index (χ1) is 8.97. The normalized spacial score (nSPS) is 12.7. The van der Waals surface area contributed by atoms with E-state index in [9.17, 15) is 4.79 Å². The highest BCUT2D eigenvalue weighted by atomic mass is 35.5. The molecule has 0 aliphatic rings. The van der Waals surface area contributed by atoms with E-state index < -0.39 is 0 Å². The summed E-state index contributed by atoms with van der Waals surface area (Å²) >= 11 is 7.32. The van der Waals surface area contributed by atoms with E-state index in [4.69, 9.17) is 11.6 Å². The van der Waals surface area contributed by atoms with Crippen molar-refractivity contribution < 1.29 is 4.79 Å². The zero-order valence-electron chi connectivity index (χ0n) is 10.9. The second-order valence-corrected chi connectivity index (χ2v) is 6.28. The monoisotopic (exact) mass is 298 g/mol. The maximum atomic E-state index is 12.0. The molecule has 2 heterocycles. The summed E-state index contributed by atoms with van der Waals surface area (Å²) in [5, 5.41) is 9.53. The summed E-state index contributed by atoms with van der Waals surface area (Å²) in [7, 11) is 0. The van der Waals surface area contributed by atoms with Gasteiger partial charge in [0.1, 0.15) is 5.82 Å². The number of nitrogens with zero attached hydrogens (tertiary/aromatic N) is 2. The number of amides is 1. The number of carbonyl (C=O) groups is 1. The molecule has 0 aliphatic carbocycles. The first kappa shape index (κ1) is 14.0. The maximum absolute atomic E-state index is 12.0. The molecule has 7 heteroatoms. The van der Waals surface area contributed by atoms with Crippen LogP contribution in [0, 0.1) is 0 Å². The molecule has 2 rings (SSSR count). The van der Waals surface area contributed by atoms with Crippen LogP contribution in [0.1, 0.15) is 54.1 Å². The molecule has 2 aromatic heterocycles. The fourth-order valence-electron chi connectivity index (χ4n) is 1.53. The van der Waals surface area contributed by atoms with E-state index >= 15 is 0 Å². The molecule has 0 spiro atoms. The summed E-state index contributed by atoms with van der Waals surface area (Å²) < 4.78 is 0.705. The Morgan fingerprint density at radius 2 is 2.16 bits per heavy atom. The van der Waals surface area contributed by atoms with Crippen LogP contribution in [0.5, 0.6) is 0 Å². The van der Waals surface area contributed by atoms with Crippen molar-refractivity contribution in [3.8, 4) is 0 Å². The molecule has 0 fully saturated rings. The topological polar surface area (TPSA) is 70.7 Å². The van der Waals surface area contributed by atoms with Crippen molar-refractivity contribution in [1.82, 2.24) is 20.5 Å². The minimum absolute atomic E-state index is 0.119. The Kier molecular flexibility index (Phi) is 4.21. The van der Waals surface area contributed by atoms with E-state index in [1.165, 1.54) is 11.3 Å². The maximum Gasteiger partial charge on any atom is 0.291 e. The van der Waals surface area contributed by atoms with Gasteiger partial charge in [-0.15, -0.1) is 16.4 Å². The van der Waals surface area contributed by atoms with E-state index in [0.29, 0.717) is 10.2 Å². The Morgan fingerprint density at radius 1 is 1.42 bits per heavy atom. The molecule has 0 bridgehead atoms. The van der Waals surface area contributed by atoms with Gasteiger partial charge in [-0.05, 0) is 19.1 Å². The van der Waals surface area contributed by atoms with Gasteiger partial charge in [-0.2, -0.15) is 0 Å². The molecule has 0 aromatic carbocycles. The van der Waals surface area contributed by atoms with Crippen molar-refractivity contribution in [2.45, 2.75) is 32.7 Å². The minimum atomic E-state index is -0.292. The number of aromatic nitrogens is 3. The molecule has 1 atom stereocenters. The predicted octanol–water partition coefficient (Wildman–Crippen LogP) is 3.13. The number of nitrogens with one attached hydrogen (secondary N) is 2. The second-order valence-electron chi connectivity index (χ2n) is 4.54. The zero-order valence-corrected chi connectivity index (χ0v) is 12.5. The lowest BCUT2D eigenvalue weighted by atomic mass is 10.2. The third kappa shape index (κ3) is 3.33. The van der Waals surface area contributed by atoms with Gasteiger partial charge in [0, 0.05) is 10.8 Å². The van der Waals surface area contributed by atoms with Crippen LogP contribution in [0.15, 0.2) is 12.1 Å². The Morgan fingerprint density at radius 3 is 2.68 bits per heavy atom. The number of rotatable bonds is 4. The standard InChI is InChI=1S/C12H15ClN4OS/c1-6(2)10-15-11(17-16-10)12(18)14-7(3)8-4-5-9(13)19-8/h4-7H,1-3H3,(H,14,18)(H,15,16,17). The van der Waals surface area contributed by atoms with Gasteiger partial charge in [-0.25, -0.2) is 4.98 Å². The highest BCUT2D eigenvalue weighted by molar-refractivity contribution is 7.16. The molecular formula is C12H15ClN4OS. The number of H-pyrrole nitrogens is 1. The SMILES string of the molecule is CC(C)c1nc(C(=O)NC(C)c2ccc(Cl)s2)n[nH]1. The van der Waals surface area contributed by atoms with Crippen molar-refractivity contribution in [3.63, 3.8) is 0 Å². The lowest BCUT2D eigenvalue weighted by Gasteiger charge is -2.10. The fraction of sp³-hybridized carbons (Fsp3) is 0.417. The number of thiophene rings is 1. The van der Waals surface area contributed by atoms with Crippen LogP contribution >= 0.6 is 22.9 Å². The van der Waals surface area contributed by atoms with Crippen molar-refractivity contribution in [2.75, 3.05) is 0 Å². The van der Waals surface area contributed by atoms with Crippen LogP contribution in [0.4, 0.5) is 0 Å². The van der Waals surface area contributed by atoms with Crippen molar-refractivity contribution in [1.29, 1.82) is 0 Å². The van der Waals surface area contributed by atoms with E-state index in [1.807, 2.05) is 32.9 Å². The molecule has 1 unspecified atom stereocenters. The van der Waals surface area contributed by atoms with Crippen LogP contribution in [-0.2, 0) is 0 Å². The van der Waals surface area contributed by atoms with Crippen LogP contribution < -0.4 is 5.32 Å². The first-order valence-electron chi connectivity index (χ1n) is 5.95. The van der Waals surface area contributed by atoms with Gasteiger partial charge in [-0.1, -0.05) is 25.4 Å². The van der Waals surface area contributed by atoms with Crippen LogP contribution in [0.2, 0.25) is 4.34 Å². The Balaban J connectivity index is 2.04. The lowest BCUT2D eigenvalue weighted by molar-refractivity contribution is 0.0930. The molecule has 0 saturated heterocycles. The summed E-state index contributed by atoms with van der Waals surface area (Å²) in [6.07, 6.45) is 0. The quantitative estimate of drug-likeness (QED) is 0.911. The molecule has 0 aliphatic heterocycles.